The molecular formula is C21H21FN4OS. The molecule has 144 valence electrons. The van der Waals surface area contributed by atoms with Gasteiger partial charge in [0.25, 0.3) is 0 Å². The first-order valence-corrected chi connectivity index (χ1v) is 10.2. The molecule has 7 heteroatoms. The van der Waals surface area contributed by atoms with Crippen molar-refractivity contribution in [2.45, 2.75) is 31.3 Å². The van der Waals surface area contributed by atoms with Gasteiger partial charge in [-0.15, -0.1) is 10.2 Å². The number of aromatic nitrogens is 3. The smallest absolute Gasteiger partial charge is 0.196 e. The van der Waals surface area contributed by atoms with Gasteiger partial charge in [0.2, 0.25) is 0 Å². The standard InChI is InChI=1S/C21H21FN4OS/c1-2-27-17-12-10-16(11-13-17)20-24-25-21(28-15-7-3-6-14-23)26(20)19-9-5-4-8-18(19)22/h4-5,8-13H,2-3,6-7,15H2,1H3. The number of thioether (sulfide) groups is 1. The predicted octanol–water partition coefficient (Wildman–Crippen LogP) is 5.26. The van der Waals surface area contributed by atoms with Crippen LogP contribution in [0.1, 0.15) is 26.2 Å². The first kappa shape index (κ1) is 19.9. The number of rotatable bonds is 9. The van der Waals surface area contributed by atoms with Crippen LogP contribution < -0.4 is 4.74 Å². The lowest BCUT2D eigenvalue weighted by Gasteiger charge is -2.11. The Morgan fingerprint density at radius 2 is 1.89 bits per heavy atom. The molecule has 0 amide bonds. The number of ether oxygens (including phenoxy) is 1. The minimum absolute atomic E-state index is 0.333. The summed E-state index contributed by atoms with van der Waals surface area (Å²) in [7, 11) is 0. The van der Waals surface area contributed by atoms with Crippen molar-refractivity contribution in [3.63, 3.8) is 0 Å². The van der Waals surface area contributed by atoms with Crippen LogP contribution in [0.4, 0.5) is 4.39 Å². The number of benzene rings is 2. The van der Waals surface area contributed by atoms with Gasteiger partial charge < -0.3 is 4.74 Å². The van der Waals surface area contributed by atoms with E-state index in [1.54, 1.807) is 22.8 Å². The highest BCUT2D eigenvalue weighted by Crippen LogP contribution is 2.30. The third-order valence-corrected chi connectivity index (χ3v) is 5.08. The van der Waals surface area contributed by atoms with Crippen molar-refractivity contribution in [3.8, 4) is 28.9 Å². The highest BCUT2D eigenvalue weighted by Gasteiger charge is 2.18. The van der Waals surface area contributed by atoms with E-state index in [1.807, 2.05) is 31.2 Å². The zero-order valence-electron chi connectivity index (χ0n) is 15.6. The molecule has 1 heterocycles. The number of para-hydroxylation sites is 1. The molecule has 0 saturated carbocycles. The lowest BCUT2D eigenvalue weighted by atomic mass is 10.2. The Kier molecular flexibility index (Phi) is 7.04. The Bertz CT molecular complexity index is 950. The summed E-state index contributed by atoms with van der Waals surface area (Å²) < 4.78 is 21.8. The molecular weight excluding hydrogens is 375 g/mol. The number of nitriles is 1. The SMILES string of the molecule is CCOc1ccc(-c2nnc(SCCCCC#N)n2-c2ccccc2F)cc1. The molecule has 0 N–H and O–H groups in total. The van der Waals surface area contributed by atoms with E-state index in [0.717, 1.165) is 29.9 Å². The third-order valence-electron chi connectivity index (χ3n) is 4.06. The van der Waals surface area contributed by atoms with Crippen LogP contribution in [0.3, 0.4) is 0 Å². The number of unbranched alkanes of at least 4 members (excludes halogenated alkanes) is 2. The quantitative estimate of drug-likeness (QED) is 0.365. The molecule has 2 aromatic carbocycles. The van der Waals surface area contributed by atoms with E-state index in [2.05, 4.69) is 16.3 Å². The number of hydrogen-bond donors (Lipinski definition) is 0. The fraction of sp³-hybridized carbons (Fsp3) is 0.286. The predicted molar refractivity (Wildman–Crippen MR) is 108 cm³/mol. The summed E-state index contributed by atoms with van der Waals surface area (Å²) >= 11 is 1.52. The summed E-state index contributed by atoms with van der Waals surface area (Å²) in [5, 5.41) is 17.9. The van der Waals surface area contributed by atoms with Crippen LogP contribution in [0.5, 0.6) is 5.75 Å². The van der Waals surface area contributed by atoms with E-state index in [-0.39, 0.29) is 5.82 Å². The fourth-order valence-corrected chi connectivity index (χ4v) is 3.68. The Labute approximate surface area is 168 Å². The molecule has 0 atom stereocenters. The molecule has 0 saturated heterocycles. The molecule has 1 aromatic heterocycles. The normalized spacial score (nSPS) is 10.6. The minimum Gasteiger partial charge on any atom is -0.494 e. The molecule has 0 spiro atoms. The second kappa shape index (κ2) is 9.90. The Morgan fingerprint density at radius 3 is 2.61 bits per heavy atom. The topological polar surface area (TPSA) is 63.7 Å². The van der Waals surface area contributed by atoms with Gasteiger partial charge in [-0.1, -0.05) is 23.9 Å². The molecule has 28 heavy (non-hydrogen) atoms. The van der Waals surface area contributed by atoms with E-state index in [9.17, 15) is 4.39 Å². The van der Waals surface area contributed by atoms with Gasteiger partial charge in [-0.2, -0.15) is 5.26 Å². The van der Waals surface area contributed by atoms with Gasteiger partial charge in [0.15, 0.2) is 11.0 Å². The summed E-state index contributed by atoms with van der Waals surface area (Å²) in [6.07, 6.45) is 2.27. The van der Waals surface area contributed by atoms with E-state index in [4.69, 9.17) is 10.00 Å². The molecule has 5 nitrogen and oxygen atoms in total. The Morgan fingerprint density at radius 1 is 1.11 bits per heavy atom. The maximum atomic E-state index is 14.5. The first-order chi connectivity index (χ1) is 13.7. The van der Waals surface area contributed by atoms with Crippen LogP contribution in [0.2, 0.25) is 0 Å². The average molecular weight is 396 g/mol. The summed E-state index contributed by atoms with van der Waals surface area (Å²) in [4.78, 5) is 0. The largest absolute Gasteiger partial charge is 0.494 e. The Hall–Kier alpha value is -2.85. The molecule has 3 rings (SSSR count). The van der Waals surface area contributed by atoms with Crippen molar-refractivity contribution in [1.82, 2.24) is 14.8 Å². The van der Waals surface area contributed by atoms with Crippen molar-refractivity contribution < 1.29 is 9.13 Å². The van der Waals surface area contributed by atoms with Gasteiger partial charge in [-0.25, -0.2) is 4.39 Å². The van der Waals surface area contributed by atoms with Gasteiger partial charge >= 0.3 is 0 Å². The van der Waals surface area contributed by atoms with Crippen LogP contribution >= 0.6 is 11.8 Å². The second-order valence-corrected chi connectivity index (χ2v) is 7.08. The molecule has 0 bridgehead atoms. The Balaban J connectivity index is 1.93. The van der Waals surface area contributed by atoms with Gasteiger partial charge in [0.05, 0.1) is 18.4 Å². The number of nitrogens with zero attached hydrogens (tertiary/aromatic N) is 4. The van der Waals surface area contributed by atoms with Gasteiger partial charge in [0, 0.05) is 17.7 Å². The van der Waals surface area contributed by atoms with E-state index < -0.39 is 0 Å². The number of halogens is 1. The van der Waals surface area contributed by atoms with Crippen molar-refractivity contribution in [3.05, 3.63) is 54.3 Å². The minimum atomic E-state index is -0.333. The monoisotopic (exact) mass is 396 g/mol. The van der Waals surface area contributed by atoms with Crippen molar-refractivity contribution in [2.24, 2.45) is 0 Å². The summed E-state index contributed by atoms with van der Waals surface area (Å²) in [6, 6.07) is 16.3. The molecule has 3 aromatic rings. The zero-order valence-corrected chi connectivity index (χ0v) is 16.5. The zero-order chi connectivity index (χ0) is 19.8. The highest BCUT2D eigenvalue weighted by atomic mass is 32.2. The molecule has 0 fully saturated rings. The molecule has 0 unspecified atom stereocenters. The van der Waals surface area contributed by atoms with Crippen LogP contribution in [-0.4, -0.2) is 27.1 Å². The molecule has 0 radical (unpaired) electrons. The maximum Gasteiger partial charge on any atom is 0.196 e. The van der Waals surface area contributed by atoms with Gasteiger partial charge in [-0.05, 0) is 56.2 Å². The van der Waals surface area contributed by atoms with E-state index in [1.165, 1.54) is 17.8 Å². The van der Waals surface area contributed by atoms with Crippen molar-refractivity contribution >= 4 is 11.8 Å². The molecule has 0 aliphatic rings. The van der Waals surface area contributed by atoms with Crippen LogP contribution in [0.15, 0.2) is 53.7 Å². The first-order valence-electron chi connectivity index (χ1n) is 9.18. The fourth-order valence-electron chi connectivity index (χ4n) is 2.74. The van der Waals surface area contributed by atoms with Crippen LogP contribution in [0.25, 0.3) is 17.1 Å². The summed E-state index contributed by atoms with van der Waals surface area (Å²) in [6.45, 7) is 2.53. The summed E-state index contributed by atoms with van der Waals surface area (Å²) in [5.74, 6) is 1.81. The number of hydrogen-bond acceptors (Lipinski definition) is 5. The van der Waals surface area contributed by atoms with Gasteiger partial charge in [-0.3, -0.25) is 4.57 Å². The summed E-state index contributed by atoms with van der Waals surface area (Å²) in [5.41, 5.74) is 1.24. The maximum absolute atomic E-state index is 14.5. The lowest BCUT2D eigenvalue weighted by Crippen LogP contribution is -2.02. The lowest BCUT2D eigenvalue weighted by molar-refractivity contribution is 0.340. The van der Waals surface area contributed by atoms with Crippen LogP contribution in [-0.2, 0) is 0 Å². The van der Waals surface area contributed by atoms with Gasteiger partial charge in [0.1, 0.15) is 11.6 Å². The van der Waals surface area contributed by atoms with Crippen LogP contribution in [0, 0.1) is 17.1 Å². The van der Waals surface area contributed by atoms with Crippen molar-refractivity contribution in [2.75, 3.05) is 12.4 Å². The second-order valence-electron chi connectivity index (χ2n) is 6.01. The highest BCUT2D eigenvalue weighted by molar-refractivity contribution is 7.99. The third kappa shape index (κ3) is 4.70. The van der Waals surface area contributed by atoms with Crippen molar-refractivity contribution in [1.29, 1.82) is 5.26 Å². The van der Waals surface area contributed by atoms with E-state index >= 15 is 0 Å². The average Bonchev–Trinajstić information content (AvgIpc) is 3.13. The molecule has 0 aliphatic carbocycles. The van der Waals surface area contributed by atoms with E-state index in [0.29, 0.717) is 29.7 Å². The molecule has 0 aliphatic heterocycles.